The minimum Gasteiger partial charge on any atom is -0.479 e. The van der Waals surface area contributed by atoms with E-state index in [1.54, 1.807) is 49.4 Å². The molecular weight excluding hydrogens is 368 g/mol. The number of hydrogen-bond donors (Lipinski definition) is 1. The van der Waals surface area contributed by atoms with Crippen molar-refractivity contribution in [1.29, 1.82) is 5.26 Å². The predicted molar refractivity (Wildman–Crippen MR) is 89.0 cm³/mol. The van der Waals surface area contributed by atoms with Gasteiger partial charge in [0.25, 0.3) is 5.91 Å². The van der Waals surface area contributed by atoms with Crippen molar-refractivity contribution in [2.75, 3.05) is 5.32 Å². The summed E-state index contributed by atoms with van der Waals surface area (Å²) in [5, 5.41) is 11.9. The van der Waals surface area contributed by atoms with Crippen LogP contribution in [0.15, 0.2) is 46.9 Å². The largest absolute Gasteiger partial charge is 0.479 e. The Morgan fingerprint density at radius 2 is 2.00 bits per heavy atom. The van der Waals surface area contributed by atoms with Gasteiger partial charge in [0.15, 0.2) is 6.10 Å². The minimum atomic E-state index is -0.714. The quantitative estimate of drug-likeness (QED) is 0.857. The molecule has 0 aliphatic carbocycles. The standard InChI is InChI=1S/C16H12BrClN2O2/c1-10(22-15-7-4-12(17)8-14(15)18)16(21)20-13-5-2-11(9-19)3-6-13/h2-8,10H,1H3,(H,20,21)/t10-/m0/s1. The number of nitrogens with one attached hydrogen (secondary N) is 1. The number of nitrogens with zero attached hydrogens (tertiary/aromatic N) is 1. The van der Waals surface area contributed by atoms with Crippen molar-refractivity contribution in [2.45, 2.75) is 13.0 Å². The molecule has 4 nitrogen and oxygen atoms in total. The van der Waals surface area contributed by atoms with Gasteiger partial charge in [-0.05, 0) is 49.4 Å². The summed E-state index contributed by atoms with van der Waals surface area (Å²) in [6.45, 7) is 1.64. The fraction of sp³-hybridized carbons (Fsp3) is 0.125. The summed E-state index contributed by atoms with van der Waals surface area (Å²) in [6.07, 6.45) is -0.714. The van der Waals surface area contributed by atoms with Gasteiger partial charge in [-0.25, -0.2) is 0 Å². The first-order valence-electron chi connectivity index (χ1n) is 6.42. The molecule has 1 amide bonds. The predicted octanol–water partition coefficient (Wildman–Crippen LogP) is 4.38. The highest BCUT2D eigenvalue weighted by atomic mass is 79.9. The van der Waals surface area contributed by atoms with Crippen molar-refractivity contribution in [3.8, 4) is 11.8 Å². The first-order valence-corrected chi connectivity index (χ1v) is 7.59. The Balaban J connectivity index is 2.01. The second-order valence-corrected chi connectivity index (χ2v) is 5.84. The molecule has 0 radical (unpaired) electrons. The highest BCUT2D eigenvalue weighted by molar-refractivity contribution is 9.10. The number of benzene rings is 2. The van der Waals surface area contributed by atoms with Crippen LogP contribution in [0.1, 0.15) is 12.5 Å². The molecule has 6 heteroatoms. The Kier molecular flexibility index (Phi) is 5.42. The molecule has 112 valence electrons. The van der Waals surface area contributed by atoms with Crippen LogP contribution >= 0.6 is 27.5 Å². The van der Waals surface area contributed by atoms with Gasteiger partial charge >= 0.3 is 0 Å². The van der Waals surface area contributed by atoms with Gasteiger partial charge in [-0.3, -0.25) is 4.79 Å². The normalized spacial score (nSPS) is 11.4. The van der Waals surface area contributed by atoms with Gasteiger partial charge in [0.05, 0.1) is 16.7 Å². The van der Waals surface area contributed by atoms with Crippen LogP contribution in [0.3, 0.4) is 0 Å². The third-order valence-corrected chi connectivity index (χ3v) is 3.64. The van der Waals surface area contributed by atoms with Gasteiger partial charge in [0.2, 0.25) is 0 Å². The summed E-state index contributed by atoms with van der Waals surface area (Å²) in [7, 11) is 0. The van der Waals surface area contributed by atoms with Crippen LogP contribution in [-0.4, -0.2) is 12.0 Å². The maximum Gasteiger partial charge on any atom is 0.265 e. The molecule has 0 aliphatic heterocycles. The number of carbonyl (C=O) groups is 1. The maximum absolute atomic E-state index is 12.1. The SMILES string of the molecule is C[C@H](Oc1ccc(Br)cc1Cl)C(=O)Nc1ccc(C#N)cc1. The molecule has 0 aliphatic rings. The third kappa shape index (κ3) is 4.23. The smallest absolute Gasteiger partial charge is 0.265 e. The fourth-order valence-electron chi connectivity index (χ4n) is 1.69. The zero-order chi connectivity index (χ0) is 16.1. The molecule has 0 aromatic heterocycles. The van der Waals surface area contributed by atoms with E-state index in [-0.39, 0.29) is 5.91 Å². The van der Waals surface area contributed by atoms with Crippen molar-refractivity contribution >= 4 is 39.1 Å². The first-order chi connectivity index (χ1) is 10.5. The Labute approximate surface area is 141 Å². The van der Waals surface area contributed by atoms with Crippen LogP contribution in [0.5, 0.6) is 5.75 Å². The van der Waals surface area contributed by atoms with E-state index in [0.717, 1.165) is 4.47 Å². The van der Waals surface area contributed by atoms with Crippen molar-refractivity contribution in [1.82, 2.24) is 0 Å². The topological polar surface area (TPSA) is 62.1 Å². The Bertz CT molecular complexity index is 726. The van der Waals surface area contributed by atoms with Gasteiger partial charge in [0, 0.05) is 10.2 Å². The zero-order valence-corrected chi connectivity index (χ0v) is 14.0. The second-order valence-electron chi connectivity index (χ2n) is 4.51. The summed E-state index contributed by atoms with van der Waals surface area (Å²) < 4.78 is 6.39. The summed E-state index contributed by atoms with van der Waals surface area (Å²) in [5.41, 5.74) is 1.13. The molecule has 0 fully saturated rings. The van der Waals surface area contributed by atoms with Gasteiger partial charge in [0.1, 0.15) is 5.75 Å². The molecule has 0 saturated heterocycles. The number of ether oxygens (including phenoxy) is 1. The molecule has 1 atom stereocenters. The molecular formula is C16H12BrClN2O2. The van der Waals surface area contributed by atoms with E-state index in [1.165, 1.54) is 0 Å². The lowest BCUT2D eigenvalue weighted by Crippen LogP contribution is -2.30. The maximum atomic E-state index is 12.1. The summed E-state index contributed by atoms with van der Waals surface area (Å²) >= 11 is 9.36. The van der Waals surface area contributed by atoms with Gasteiger partial charge in [-0.1, -0.05) is 27.5 Å². The Morgan fingerprint density at radius 3 is 2.59 bits per heavy atom. The number of nitriles is 1. The van der Waals surface area contributed by atoms with Crippen molar-refractivity contribution in [2.24, 2.45) is 0 Å². The highest BCUT2D eigenvalue weighted by Crippen LogP contribution is 2.28. The van der Waals surface area contributed by atoms with Gasteiger partial charge < -0.3 is 10.1 Å². The number of halogens is 2. The molecule has 0 spiro atoms. The van der Waals surface area contributed by atoms with Crippen LogP contribution in [0.25, 0.3) is 0 Å². The second kappa shape index (κ2) is 7.30. The van der Waals surface area contributed by atoms with E-state index in [4.69, 9.17) is 21.6 Å². The monoisotopic (exact) mass is 378 g/mol. The van der Waals surface area contributed by atoms with E-state index in [2.05, 4.69) is 21.2 Å². The molecule has 22 heavy (non-hydrogen) atoms. The van der Waals surface area contributed by atoms with Crippen LogP contribution in [0.4, 0.5) is 5.69 Å². The third-order valence-electron chi connectivity index (χ3n) is 2.85. The molecule has 0 heterocycles. The van der Waals surface area contributed by atoms with E-state index < -0.39 is 6.10 Å². The van der Waals surface area contributed by atoms with E-state index in [1.807, 2.05) is 6.07 Å². The lowest BCUT2D eigenvalue weighted by Gasteiger charge is -2.15. The Morgan fingerprint density at radius 1 is 1.32 bits per heavy atom. The van der Waals surface area contributed by atoms with Crippen molar-refractivity contribution in [3.63, 3.8) is 0 Å². The van der Waals surface area contributed by atoms with Crippen LogP contribution in [0, 0.1) is 11.3 Å². The molecule has 0 saturated carbocycles. The molecule has 0 bridgehead atoms. The number of carbonyl (C=O) groups excluding carboxylic acids is 1. The fourth-order valence-corrected chi connectivity index (χ4v) is 2.40. The van der Waals surface area contributed by atoms with E-state index >= 15 is 0 Å². The van der Waals surface area contributed by atoms with Gasteiger partial charge in [-0.2, -0.15) is 5.26 Å². The molecule has 2 rings (SSSR count). The van der Waals surface area contributed by atoms with E-state index in [9.17, 15) is 4.79 Å². The molecule has 0 unspecified atom stereocenters. The average Bonchev–Trinajstić information content (AvgIpc) is 2.50. The summed E-state index contributed by atoms with van der Waals surface area (Å²) in [5.74, 6) is 0.135. The van der Waals surface area contributed by atoms with Crippen molar-refractivity contribution < 1.29 is 9.53 Å². The van der Waals surface area contributed by atoms with Crippen LogP contribution in [-0.2, 0) is 4.79 Å². The summed E-state index contributed by atoms with van der Waals surface area (Å²) in [4.78, 5) is 12.1. The van der Waals surface area contributed by atoms with Gasteiger partial charge in [-0.15, -0.1) is 0 Å². The lowest BCUT2D eigenvalue weighted by atomic mass is 10.2. The van der Waals surface area contributed by atoms with E-state index in [0.29, 0.717) is 22.0 Å². The summed E-state index contributed by atoms with van der Waals surface area (Å²) in [6, 6.07) is 13.8. The highest BCUT2D eigenvalue weighted by Gasteiger charge is 2.16. The number of rotatable bonds is 4. The molecule has 2 aromatic carbocycles. The first kappa shape index (κ1) is 16.3. The number of anilines is 1. The number of amides is 1. The average molecular weight is 380 g/mol. The Hall–Kier alpha value is -2.03. The lowest BCUT2D eigenvalue weighted by molar-refractivity contribution is -0.122. The molecule has 1 N–H and O–H groups in total. The van der Waals surface area contributed by atoms with Crippen molar-refractivity contribution in [3.05, 3.63) is 57.5 Å². The van der Waals surface area contributed by atoms with Crippen LogP contribution in [0.2, 0.25) is 5.02 Å². The van der Waals surface area contributed by atoms with Crippen LogP contribution < -0.4 is 10.1 Å². The zero-order valence-electron chi connectivity index (χ0n) is 11.6. The minimum absolute atomic E-state index is 0.302. The number of hydrogen-bond acceptors (Lipinski definition) is 3. The molecule has 2 aromatic rings.